The first-order chi connectivity index (χ1) is 28.8. The van der Waals surface area contributed by atoms with Crippen molar-refractivity contribution in [3.63, 3.8) is 0 Å². The molecule has 1 aliphatic heterocycles. The van der Waals surface area contributed by atoms with Gasteiger partial charge < -0.3 is 34.0 Å². The highest BCUT2D eigenvalue weighted by atomic mass is 31.2. The number of rotatable bonds is 42. The van der Waals surface area contributed by atoms with Gasteiger partial charge in [0.1, 0.15) is 12.7 Å². The number of epoxide rings is 1. The van der Waals surface area contributed by atoms with E-state index in [4.69, 9.17) is 28.5 Å². The summed E-state index contributed by atoms with van der Waals surface area (Å²) in [6, 6.07) is 0. The summed E-state index contributed by atoms with van der Waals surface area (Å²) in [6.07, 6.45) is 37.4. The normalized spacial score (nSPS) is 17.7. The number of allylic oxidation sites excluding steroid dienone is 5. The molecule has 1 saturated heterocycles. The molecule has 5 atom stereocenters. The van der Waals surface area contributed by atoms with E-state index in [0.29, 0.717) is 31.5 Å². The van der Waals surface area contributed by atoms with Crippen molar-refractivity contribution < 1.29 is 66.3 Å². The van der Waals surface area contributed by atoms with Gasteiger partial charge in [-0.05, 0) is 44.9 Å². The van der Waals surface area contributed by atoms with Crippen molar-refractivity contribution in [2.75, 3.05) is 26.4 Å². The molecule has 0 bridgehead atoms. The van der Waals surface area contributed by atoms with Gasteiger partial charge in [-0.15, -0.1) is 0 Å². The summed E-state index contributed by atoms with van der Waals surface area (Å²) in [5.41, 5.74) is 0. The second-order valence-corrected chi connectivity index (χ2v) is 18.4. The van der Waals surface area contributed by atoms with Crippen molar-refractivity contribution in [2.24, 2.45) is 0 Å². The SMILES string of the molecule is CCCCCCCCCCCCCCCCCC(=O)O[C@H](COC(=O)CCC/C=C\C/C=C\C/C=C\CC1OC1CCCCC)COP(=O)(O)OC[C@@H](O)COP(=O)(O)O. The molecule has 1 aliphatic rings. The Hall–Kier alpha value is -1.70. The summed E-state index contributed by atoms with van der Waals surface area (Å²) in [5.74, 6) is -1.10. The quantitative estimate of drug-likeness (QED) is 0.0148. The van der Waals surface area contributed by atoms with Gasteiger partial charge in [0, 0.05) is 12.8 Å². The van der Waals surface area contributed by atoms with Gasteiger partial charge in [0.2, 0.25) is 0 Å². The molecule has 0 amide bonds. The van der Waals surface area contributed by atoms with E-state index < -0.39 is 66.2 Å². The minimum Gasteiger partial charge on any atom is -0.462 e. The molecule has 60 heavy (non-hydrogen) atoms. The Bertz CT molecular complexity index is 1270. The third kappa shape index (κ3) is 36.9. The number of phosphoric acid groups is 2. The fourth-order valence-electron chi connectivity index (χ4n) is 6.38. The van der Waals surface area contributed by atoms with Gasteiger partial charge in [-0.1, -0.05) is 159 Å². The van der Waals surface area contributed by atoms with Gasteiger partial charge in [0.15, 0.2) is 6.10 Å². The molecule has 4 N–H and O–H groups in total. The van der Waals surface area contributed by atoms with Gasteiger partial charge >= 0.3 is 27.6 Å². The Labute approximate surface area is 361 Å². The molecule has 1 heterocycles. The summed E-state index contributed by atoms with van der Waals surface area (Å²) in [5, 5.41) is 9.75. The van der Waals surface area contributed by atoms with Crippen LogP contribution in [0.15, 0.2) is 36.5 Å². The molecule has 16 heteroatoms. The smallest absolute Gasteiger partial charge is 0.462 e. The van der Waals surface area contributed by atoms with Gasteiger partial charge in [-0.2, -0.15) is 0 Å². The van der Waals surface area contributed by atoms with E-state index >= 15 is 0 Å². The molecular formula is C44H80O14P2. The number of carbonyl (C=O) groups is 2. The molecule has 0 aromatic heterocycles. The first kappa shape index (κ1) is 56.3. The average molecular weight is 895 g/mol. The van der Waals surface area contributed by atoms with Gasteiger partial charge in [0.25, 0.3) is 0 Å². The maximum Gasteiger partial charge on any atom is 0.472 e. The van der Waals surface area contributed by atoms with E-state index in [1.807, 2.05) is 12.2 Å². The number of carbonyl (C=O) groups excluding carboxylic acids is 2. The molecule has 350 valence electrons. The Morgan fingerprint density at radius 2 is 1.08 bits per heavy atom. The number of unbranched alkanes of at least 4 members (excludes halogenated alkanes) is 17. The number of hydrogen-bond acceptors (Lipinski definition) is 11. The van der Waals surface area contributed by atoms with E-state index in [9.17, 15) is 28.7 Å². The van der Waals surface area contributed by atoms with E-state index in [-0.39, 0.29) is 12.8 Å². The fourth-order valence-corrected chi connectivity index (χ4v) is 7.53. The lowest BCUT2D eigenvalue weighted by atomic mass is 10.0. The monoisotopic (exact) mass is 895 g/mol. The molecule has 0 aromatic rings. The van der Waals surface area contributed by atoms with Crippen molar-refractivity contribution in [1.82, 2.24) is 0 Å². The first-order valence-corrected chi connectivity index (χ1v) is 25.8. The number of ether oxygens (including phenoxy) is 3. The molecule has 1 fully saturated rings. The number of hydrogen-bond donors (Lipinski definition) is 4. The topological polar surface area (TPSA) is 208 Å². The molecule has 3 unspecified atom stereocenters. The van der Waals surface area contributed by atoms with Crippen LogP contribution in [0.25, 0.3) is 0 Å². The number of esters is 2. The highest BCUT2D eigenvalue weighted by molar-refractivity contribution is 7.47. The summed E-state index contributed by atoms with van der Waals surface area (Å²) >= 11 is 0. The lowest BCUT2D eigenvalue weighted by Gasteiger charge is -2.20. The molecule has 1 rings (SSSR count). The van der Waals surface area contributed by atoms with Crippen LogP contribution < -0.4 is 0 Å². The van der Waals surface area contributed by atoms with Crippen LogP contribution in [0.4, 0.5) is 0 Å². The van der Waals surface area contributed by atoms with Gasteiger partial charge in [0.05, 0.1) is 32.0 Å². The second-order valence-electron chi connectivity index (χ2n) is 15.7. The standard InChI is InChI=1S/C44H80O14P2/c1-3-5-7-8-9-10-11-12-13-14-15-20-23-26-30-34-44(47)57-40(38-56-60(51,52)55-36-39(45)35-54-59(48,49)50)37-53-43(46)33-29-25-22-19-17-16-18-21-24-28-32-42-41(58-42)31-27-6-4-2/h16,18-19,22,24,28,39-42,45H,3-15,17,20-21,23,25-27,29-38H2,1-2H3,(H,51,52)(H2,48,49,50)/b18-16-,22-19-,28-24-/t39-,40+,41?,42?/m0/s1. The van der Waals surface area contributed by atoms with Gasteiger partial charge in [-0.3, -0.25) is 23.2 Å². The average Bonchev–Trinajstić information content (AvgIpc) is 3.96. The molecule has 0 radical (unpaired) electrons. The van der Waals surface area contributed by atoms with Crippen molar-refractivity contribution in [2.45, 2.75) is 205 Å². The van der Waals surface area contributed by atoms with Crippen LogP contribution in [0.5, 0.6) is 0 Å². The van der Waals surface area contributed by atoms with Crippen molar-refractivity contribution in [1.29, 1.82) is 0 Å². The summed E-state index contributed by atoms with van der Waals surface area (Å²) in [4.78, 5) is 52.7. The third-order valence-electron chi connectivity index (χ3n) is 9.95. The molecule has 0 aliphatic carbocycles. The Balaban J connectivity index is 2.37. The Kier molecular flexibility index (Phi) is 34.5. The minimum atomic E-state index is -4.87. The summed E-state index contributed by atoms with van der Waals surface area (Å²) in [7, 11) is -9.69. The van der Waals surface area contributed by atoms with Gasteiger partial charge in [-0.25, -0.2) is 9.13 Å². The molecule has 0 aromatic carbocycles. The maximum atomic E-state index is 12.7. The third-order valence-corrected chi connectivity index (χ3v) is 11.4. The Morgan fingerprint density at radius 3 is 1.68 bits per heavy atom. The highest BCUT2D eigenvalue weighted by Gasteiger charge is 2.36. The highest BCUT2D eigenvalue weighted by Crippen LogP contribution is 2.44. The predicted octanol–water partition coefficient (Wildman–Crippen LogP) is 10.7. The summed E-state index contributed by atoms with van der Waals surface area (Å²) < 4.78 is 53.5. The zero-order valence-electron chi connectivity index (χ0n) is 36.8. The van der Waals surface area contributed by atoms with Crippen LogP contribution in [0.2, 0.25) is 0 Å². The lowest BCUT2D eigenvalue weighted by Crippen LogP contribution is -2.30. The van der Waals surface area contributed by atoms with Crippen LogP contribution in [0, 0.1) is 0 Å². The van der Waals surface area contributed by atoms with E-state index in [1.165, 1.54) is 96.3 Å². The Morgan fingerprint density at radius 1 is 0.583 bits per heavy atom. The molecular weight excluding hydrogens is 814 g/mol. The molecule has 0 spiro atoms. The van der Waals surface area contributed by atoms with Crippen molar-refractivity contribution >= 4 is 27.6 Å². The van der Waals surface area contributed by atoms with Crippen LogP contribution in [0.1, 0.15) is 181 Å². The van der Waals surface area contributed by atoms with Crippen LogP contribution >= 0.6 is 15.6 Å². The minimum absolute atomic E-state index is 0.117. The zero-order chi connectivity index (χ0) is 44.2. The van der Waals surface area contributed by atoms with Crippen LogP contribution in [0.3, 0.4) is 0 Å². The molecule has 14 nitrogen and oxygen atoms in total. The van der Waals surface area contributed by atoms with Crippen LogP contribution in [-0.2, 0) is 46.5 Å². The van der Waals surface area contributed by atoms with E-state index in [0.717, 1.165) is 38.5 Å². The number of phosphoric ester groups is 2. The largest absolute Gasteiger partial charge is 0.472 e. The van der Waals surface area contributed by atoms with Crippen molar-refractivity contribution in [3.8, 4) is 0 Å². The zero-order valence-corrected chi connectivity index (χ0v) is 38.5. The fraction of sp³-hybridized carbons (Fsp3) is 0.818. The van der Waals surface area contributed by atoms with Crippen molar-refractivity contribution in [3.05, 3.63) is 36.5 Å². The predicted molar refractivity (Wildman–Crippen MR) is 234 cm³/mol. The lowest BCUT2D eigenvalue weighted by molar-refractivity contribution is -0.161. The number of aliphatic hydroxyl groups is 1. The second kappa shape index (κ2) is 36.8. The first-order valence-electron chi connectivity index (χ1n) is 22.8. The van der Waals surface area contributed by atoms with Crippen LogP contribution in [-0.4, -0.2) is 82.6 Å². The molecule has 0 saturated carbocycles. The summed E-state index contributed by atoms with van der Waals surface area (Å²) in [6.45, 7) is 1.68. The number of aliphatic hydroxyl groups excluding tert-OH is 1. The maximum absolute atomic E-state index is 12.7. The van der Waals surface area contributed by atoms with E-state index in [1.54, 1.807) is 0 Å². The van der Waals surface area contributed by atoms with E-state index in [2.05, 4.69) is 47.2 Å².